The van der Waals surface area contributed by atoms with Crippen molar-refractivity contribution in [3.05, 3.63) is 70.7 Å². The highest BCUT2D eigenvalue weighted by molar-refractivity contribution is 7.13. The van der Waals surface area contributed by atoms with E-state index in [9.17, 15) is 0 Å². The lowest BCUT2D eigenvalue weighted by atomic mass is 10.1. The van der Waals surface area contributed by atoms with Crippen molar-refractivity contribution in [2.75, 3.05) is 56.3 Å². The van der Waals surface area contributed by atoms with Crippen molar-refractivity contribution in [3.8, 4) is 5.75 Å². The SMILES string of the molecule is COc1cccc(CN(Cc2cccc(N3CCOCC3)c2)c2nc(CN3CCCCC3)cs2)c1. The first-order valence-corrected chi connectivity index (χ1v) is 13.6. The van der Waals surface area contributed by atoms with Crippen molar-refractivity contribution in [1.29, 1.82) is 0 Å². The summed E-state index contributed by atoms with van der Waals surface area (Å²) in [6, 6.07) is 17.3. The van der Waals surface area contributed by atoms with Gasteiger partial charge in [-0.05, 0) is 61.3 Å². The highest BCUT2D eigenvalue weighted by atomic mass is 32.1. The largest absolute Gasteiger partial charge is 0.497 e. The molecule has 6 nitrogen and oxygen atoms in total. The van der Waals surface area contributed by atoms with Crippen molar-refractivity contribution < 1.29 is 9.47 Å². The predicted octanol–water partition coefficient (Wildman–Crippen LogP) is 5.18. The van der Waals surface area contributed by atoms with Crippen LogP contribution in [0.2, 0.25) is 0 Å². The van der Waals surface area contributed by atoms with E-state index in [-0.39, 0.29) is 0 Å². The van der Waals surface area contributed by atoms with Gasteiger partial charge in [0.1, 0.15) is 5.75 Å². The monoisotopic (exact) mass is 492 g/mol. The molecule has 0 aliphatic carbocycles. The predicted molar refractivity (Wildman–Crippen MR) is 144 cm³/mol. The lowest BCUT2D eigenvalue weighted by Crippen LogP contribution is -2.36. The van der Waals surface area contributed by atoms with Crippen molar-refractivity contribution in [2.24, 2.45) is 0 Å². The van der Waals surface area contributed by atoms with E-state index >= 15 is 0 Å². The Kier molecular flexibility index (Phi) is 8.18. The Hall–Kier alpha value is -2.61. The van der Waals surface area contributed by atoms with Crippen molar-refractivity contribution >= 4 is 22.2 Å². The Morgan fingerprint density at radius 1 is 0.943 bits per heavy atom. The third-order valence-corrected chi connectivity index (χ3v) is 7.76. The maximum atomic E-state index is 5.55. The summed E-state index contributed by atoms with van der Waals surface area (Å²) in [7, 11) is 1.72. The summed E-state index contributed by atoms with van der Waals surface area (Å²) in [4.78, 5) is 12.5. The molecule has 2 saturated heterocycles. The van der Waals surface area contributed by atoms with Crippen LogP contribution in [0.1, 0.15) is 36.1 Å². The summed E-state index contributed by atoms with van der Waals surface area (Å²) in [5, 5.41) is 3.32. The van der Waals surface area contributed by atoms with E-state index < -0.39 is 0 Å². The molecule has 3 aromatic rings. The van der Waals surface area contributed by atoms with Crippen molar-refractivity contribution in [2.45, 2.75) is 38.9 Å². The zero-order valence-electron chi connectivity index (χ0n) is 20.7. The third kappa shape index (κ3) is 6.54. The second kappa shape index (κ2) is 11.9. The fourth-order valence-electron chi connectivity index (χ4n) is 4.94. The molecule has 0 unspecified atom stereocenters. The molecule has 186 valence electrons. The normalized spacial score (nSPS) is 16.9. The van der Waals surface area contributed by atoms with Crippen LogP contribution in [0.4, 0.5) is 10.8 Å². The molecule has 0 amide bonds. The standard InChI is InChI=1S/C28H36N4O2S/c1-33-27-10-6-8-24(18-27)20-32(28-29-25(22-35-28)21-30-11-3-2-4-12-30)19-23-7-5-9-26(17-23)31-13-15-34-16-14-31/h5-10,17-18,22H,2-4,11-16,19-21H2,1H3. The summed E-state index contributed by atoms with van der Waals surface area (Å²) < 4.78 is 11.0. The molecular weight excluding hydrogens is 456 g/mol. The Bertz CT molecular complexity index is 1080. The van der Waals surface area contributed by atoms with Crippen LogP contribution >= 0.6 is 11.3 Å². The summed E-state index contributed by atoms with van der Waals surface area (Å²) in [6.45, 7) is 8.42. The number of hydrogen-bond donors (Lipinski definition) is 0. The number of likely N-dealkylation sites (tertiary alicyclic amines) is 1. The molecule has 35 heavy (non-hydrogen) atoms. The lowest BCUT2D eigenvalue weighted by Gasteiger charge is -2.29. The first-order valence-electron chi connectivity index (χ1n) is 12.7. The van der Waals surface area contributed by atoms with Gasteiger partial charge in [-0.2, -0.15) is 0 Å². The number of piperidine rings is 1. The second-order valence-corrected chi connectivity index (χ2v) is 10.3. The van der Waals surface area contributed by atoms with Gasteiger partial charge in [0.25, 0.3) is 0 Å². The Labute approximate surface area is 213 Å². The van der Waals surface area contributed by atoms with Crippen LogP contribution in [0.15, 0.2) is 53.9 Å². The molecule has 2 fully saturated rings. The van der Waals surface area contributed by atoms with Gasteiger partial charge in [-0.25, -0.2) is 4.98 Å². The second-order valence-electron chi connectivity index (χ2n) is 9.44. The molecule has 0 radical (unpaired) electrons. The Morgan fingerprint density at radius 3 is 2.46 bits per heavy atom. The van der Waals surface area contributed by atoms with Gasteiger partial charge in [-0.3, -0.25) is 4.90 Å². The number of thiazole rings is 1. The summed E-state index contributed by atoms with van der Waals surface area (Å²) in [5.74, 6) is 0.890. The van der Waals surface area contributed by atoms with Gasteiger partial charge in [0.05, 0.1) is 26.0 Å². The molecule has 5 rings (SSSR count). The number of hydrogen-bond acceptors (Lipinski definition) is 7. The van der Waals surface area contributed by atoms with Crippen LogP contribution in [0.5, 0.6) is 5.75 Å². The molecule has 2 aliphatic rings. The van der Waals surface area contributed by atoms with Gasteiger partial charge >= 0.3 is 0 Å². The fourth-order valence-corrected chi connectivity index (χ4v) is 5.75. The molecule has 0 spiro atoms. The van der Waals surface area contributed by atoms with E-state index in [2.05, 4.69) is 62.5 Å². The molecule has 7 heteroatoms. The first-order chi connectivity index (χ1) is 17.3. The summed E-state index contributed by atoms with van der Waals surface area (Å²) in [5.41, 5.74) is 4.98. The van der Waals surface area contributed by atoms with Crippen LogP contribution in [0.3, 0.4) is 0 Å². The topological polar surface area (TPSA) is 41.1 Å². The fraction of sp³-hybridized carbons (Fsp3) is 0.464. The number of anilines is 2. The van der Waals surface area contributed by atoms with E-state index in [1.165, 1.54) is 54.9 Å². The van der Waals surface area contributed by atoms with Crippen LogP contribution < -0.4 is 14.5 Å². The molecular formula is C28H36N4O2S. The van der Waals surface area contributed by atoms with Gasteiger partial charge < -0.3 is 19.3 Å². The van der Waals surface area contributed by atoms with E-state index in [0.29, 0.717) is 0 Å². The number of rotatable bonds is 9. The van der Waals surface area contributed by atoms with Crippen molar-refractivity contribution in [3.63, 3.8) is 0 Å². The maximum absolute atomic E-state index is 5.55. The minimum Gasteiger partial charge on any atom is -0.497 e. The number of morpholine rings is 1. The number of aromatic nitrogens is 1. The zero-order valence-corrected chi connectivity index (χ0v) is 21.5. The van der Waals surface area contributed by atoms with Crippen LogP contribution in [0, 0.1) is 0 Å². The van der Waals surface area contributed by atoms with Crippen LogP contribution in [0.25, 0.3) is 0 Å². The van der Waals surface area contributed by atoms with Crippen LogP contribution in [-0.4, -0.2) is 56.4 Å². The van der Waals surface area contributed by atoms with E-state index in [1.54, 1.807) is 18.4 Å². The number of nitrogens with zero attached hydrogens (tertiary/aromatic N) is 4. The number of ether oxygens (including phenoxy) is 2. The minimum atomic E-state index is 0.787. The first kappa shape index (κ1) is 24.1. The quantitative estimate of drug-likeness (QED) is 0.410. The van der Waals surface area contributed by atoms with Gasteiger partial charge in [0.15, 0.2) is 5.13 Å². The average molecular weight is 493 g/mol. The maximum Gasteiger partial charge on any atom is 0.186 e. The molecule has 0 atom stereocenters. The van der Waals surface area contributed by atoms with E-state index in [1.807, 2.05) is 6.07 Å². The van der Waals surface area contributed by atoms with Crippen LogP contribution in [-0.2, 0) is 24.4 Å². The van der Waals surface area contributed by atoms with Crippen molar-refractivity contribution in [1.82, 2.24) is 9.88 Å². The molecule has 2 aliphatic heterocycles. The Morgan fingerprint density at radius 2 is 1.69 bits per heavy atom. The molecule has 2 aromatic carbocycles. The Balaban J connectivity index is 1.36. The molecule has 3 heterocycles. The molecule has 0 bridgehead atoms. The van der Waals surface area contributed by atoms with E-state index in [0.717, 1.165) is 56.8 Å². The van der Waals surface area contributed by atoms with Gasteiger partial charge in [0.2, 0.25) is 0 Å². The molecule has 1 aromatic heterocycles. The highest BCUT2D eigenvalue weighted by Crippen LogP contribution is 2.28. The number of benzene rings is 2. The third-order valence-electron chi connectivity index (χ3n) is 6.81. The average Bonchev–Trinajstić information content (AvgIpc) is 3.38. The smallest absolute Gasteiger partial charge is 0.186 e. The molecule has 0 saturated carbocycles. The highest BCUT2D eigenvalue weighted by Gasteiger charge is 2.17. The number of methoxy groups -OCH3 is 1. The lowest BCUT2D eigenvalue weighted by molar-refractivity contribution is 0.122. The van der Waals surface area contributed by atoms with Gasteiger partial charge in [-0.15, -0.1) is 11.3 Å². The molecule has 0 N–H and O–H groups in total. The zero-order chi connectivity index (χ0) is 23.9. The van der Waals surface area contributed by atoms with Gasteiger partial charge in [-0.1, -0.05) is 30.7 Å². The van der Waals surface area contributed by atoms with E-state index in [4.69, 9.17) is 14.5 Å². The summed E-state index contributed by atoms with van der Waals surface area (Å²) >= 11 is 1.76. The summed E-state index contributed by atoms with van der Waals surface area (Å²) in [6.07, 6.45) is 3.97. The van der Waals surface area contributed by atoms with Gasteiger partial charge in [0, 0.05) is 43.8 Å². The minimum absolute atomic E-state index is 0.787.